The second-order valence-corrected chi connectivity index (χ2v) is 20.5. The van der Waals surface area contributed by atoms with E-state index in [1.165, 1.54) is 13.2 Å². The summed E-state index contributed by atoms with van der Waals surface area (Å²) in [5.41, 5.74) is 0.554. The second kappa shape index (κ2) is 12.0. The van der Waals surface area contributed by atoms with Crippen molar-refractivity contribution >= 4 is 24.5 Å². The van der Waals surface area contributed by atoms with Crippen LogP contribution in [0.2, 0.25) is 13.3 Å². The normalized spacial score (nSPS) is 13.1. The number of ether oxygens (including phenoxy) is 1. The molecule has 0 N–H and O–H groups in total. The molecule has 0 aliphatic rings. The summed E-state index contributed by atoms with van der Waals surface area (Å²) in [5.74, 6) is 0.515. The van der Waals surface area contributed by atoms with E-state index in [1.54, 1.807) is 24.3 Å². The Morgan fingerprint density at radius 1 is 0.926 bits per heavy atom. The van der Waals surface area contributed by atoms with Crippen LogP contribution in [0.5, 0.6) is 5.75 Å². The fraction of sp³-hybridized carbons (Fsp3) is 0.636. The van der Waals surface area contributed by atoms with Crippen LogP contribution in [-0.2, 0) is 0 Å². The predicted molar refractivity (Wildman–Crippen MR) is 112 cm³/mol. The number of methoxy groups -OCH3 is 1. The van der Waals surface area contributed by atoms with Crippen LogP contribution in [0.25, 0.3) is 6.08 Å². The Kier molecular flexibility index (Phi) is 10.9. The van der Waals surface area contributed by atoms with Gasteiger partial charge in [0.2, 0.25) is 0 Å². The molecule has 0 heterocycles. The van der Waals surface area contributed by atoms with Crippen LogP contribution in [0.1, 0.15) is 64.9 Å². The summed E-state index contributed by atoms with van der Waals surface area (Å²) >= 11 is -3.60. The summed E-state index contributed by atoms with van der Waals surface area (Å²) in [4.78, 5) is 0. The van der Waals surface area contributed by atoms with Gasteiger partial charge in [-0.1, -0.05) is 0 Å². The maximum atomic E-state index is 14.4. The van der Waals surface area contributed by atoms with Crippen LogP contribution >= 0.6 is 0 Å². The Balaban J connectivity index is 3.54. The average Bonchev–Trinajstić information content (AvgIpc) is 2.65. The minimum atomic E-state index is -4.26. The molecule has 0 bridgehead atoms. The molecule has 27 heavy (non-hydrogen) atoms. The molecule has 0 aliphatic heterocycles. The molecule has 154 valence electrons. The van der Waals surface area contributed by atoms with E-state index in [-0.39, 0.29) is 3.59 Å². The fourth-order valence-corrected chi connectivity index (χ4v) is 20.1. The first-order chi connectivity index (χ1) is 12.8. The number of hydrogen-bond acceptors (Lipinski definition) is 1. The topological polar surface area (TPSA) is 9.23 Å². The van der Waals surface area contributed by atoms with Gasteiger partial charge in [-0.3, -0.25) is 0 Å². The van der Waals surface area contributed by atoms with E-state index in [9.17, 15) is 13.2 Å². The minimum absolute atomic E-state index is 0.170. The standard InChI is InChI=1S/C10H8F3O.3C4H9.Sn/c1-14-9-5-3-2-4-8(9)6-7-10(11,12)13;3*1-3-4-2;/h2-6H,1H3;3*1,3-4H2,2H3;. The van der Waals surface area contributed by atoms with Crippen molar-refractivity contribution in [1.29, 1.82) is 0 Å². The number of hydrogen-bond donors (Lipinski definition) is 0. The van der Waals surface area contributed by atoms with Crippen molar-refractivity contribution in [2.45, 2.75) is 78.8 Å². The number of halogens is 3. The summed E-state index contributed by atoms with van der Waals surface area (Å²) in [7, 11) is 1.52. The van der Waals surface area contributed by atoms with Crippen LogP contribution in [0.4, 0.5) is 13.2 Å². The van der Waals surface area contributed by atoms with Gasteiger partial charge in [0, 0.05) is 0 Å². The third-order valence-electron chi connectivity index (χ3n) is 5.34. The number of unbranched alkanes of at least 4 members (excludes halogenated alkanes) is 3. The van der Waals surface area contributed by atoms with Gasteiger partial charge in [0.25, 0.3) is 0 Å². The van der Waals surface area contributed by atoms with E-state index >= 15 is 0 Å². The Bertz CT molecular complexity index is 559. The number of rotatable bonds is 12. The first-order valence-electron chi connectivity index (χ1n) is 10.3. The SMILES string of the molecule is CCC[CH2][Sn]([CH2]CCC)([CH2]CCC)/[C](=C/c1ccccc1OC)C(F)(F)F. The zero-order valence-corrected chi connectivity index (χ0v) is 20.1. The van der Waals surface area contributed by atoms with Crippen LogP contribution in [0.15, 0.2) is 27.9 Å². The van der Waals surface area contributed by atoms with Crippen molar-refractivity contribution in [2.75, 3.05) is 7.11 Å². The third kappa shape index (κ3) is 7.35. The monoisotopic (exact) mass is 492 g/mol. The van der Waals surface area contributed by atoms with Gasteiger partial charge in [0.05, 0.1) is 0 Å². The molecule has 1 aromatic carbocycles. The number of para-hydroxylation sites is 1. The molecule has 1 nitrogen and oxygen atoms in total. The van der Waals surface area contributed by atoms with Gasteiger partial charge in [-0.2, -0.15) is 0 Å². The van der Waals surface area contributed by atoms with E-state index < -0.39 is 24.6 Å². The molecule has 0 amide bonds. The number of benzene rings is 1. The zero-order chi connectivity index (χ0) is 20.3. The van der Waals surface area contributed by atoms with Gasteiger partial charge >= 0.3 is 167 Å². The van der Waals surface area contributed by atoms with Crippen molar-refractivity contribution < 1.29 is 17.9 Å². The molecule has 0 saturated heterocycles. The van der Waals surface area contributed by atoms with Crippen molar-refractivity contribution in [2.24, 2.45) is 0 Å². The molecule has 0 spiro atoms. The van der Waals surface area contributed by atoms with Crippen molar-refractivity contribution in [1.82, 2.24) is 0 Å². The molecule has 0 fully saturated rings. The molecular weight excluding hydrogens is 456 g/mol. The van der Waals surface area contributed by atoms with Crippen molar-refractivity contribution in [3.8, 4) is 5.75 Å². The van der Waals surface area contributed by atoms with E-state index in [2.05, 4.69) is 20.8 Å². The quantitative estimate of drug-likeness (QED) is 0.269. The van der Waals surface area contributed by atoms with E-state index in [1.807, 2.05) is 0 Å². The Labute approximate surface area is 167 Å². The average molecular weight is 491 g/mol. The fourth-order valence-electron chi connectivity index (χ4n) is 3.80. The van der Waals surface area contributed by atoms with Gasteiger partial charge in [-0.25, -0.2) is 0 Å². The van der Waals surface area contributed by atoms with Crippen molar-refractivity contribution in [3.05, 3.63) is 33.4 Å². The van der Waals surface area contributed by atoms with Gasteiger partial charge < -0.3 is 0 Å². The molecule has 0 saturated carbocycles. The summed E-state index contributed by atoms with van der Waals surface area (Å²) < 4.78 is 50.6. The molecule has 0 aliphatic carbocycles. The van der Waals surface area contributed by atoms with E-state index in [0.717, 1.165) is 51.8 Å². The number of allylic oxidation sites excluding steroid dienone is 1. The third-order valence-corrected chi connectivity index (χ3v) is 21.0. The molecular formula is C22H35F3OSn. The van der Waals surface area contributed by atoms with Gasteiger partial charge in [-0.05, 0) is 0 Å². The second-order valence-electron chi connectivity index (χ2n) is 7.39. The Morgan fingerprint density at radius 2 is 1.41 bits per heavy atom. The summed E-state index contributed by atoms with van der Waals surface area (Å²) in [5, 5.41) is 0. The molecule has 5 heteroatoms. The summed E-state index contributed by atoms with van der Waals surface area (Å²) in [6.45, 7) is 6.23. The number of alkyl halides is 3. The molecule has 0 aromatic heterocycles. The van der Waals surface area contributed by atoms with E-state index in [4.69, 9.17) is 4.74 Å². The van der Waals surface area contributed by atoms with Gasteiger partial charge in [0.15, 0.2) is 0 Å². The van der Waals surface area contributed by atoms with Crippen LogP contribution < -0.4 is 4.74 Å². The maximum absolute atomic E-state index is 14.4. The van der Waals surface area contributed by atoms with Crippen LogP contribution in [0, 0.1) is 0 Å². The molecule has 0 atom stereocenters. The first-order valence-corrected chi connectivity index (χ1v) is 17.7. The molecule has 1 rings (SSSR count). The van der Waals surface area contributed by atoms with Crippen LogP contribution in [-0.4, -0.2) is 31.7 Å². The summed E-state index contributed by atoms with van der Waals surface area (Å²) in [6.07, 6.45) is 2.76. The Hall–Kier alpha value is -0.651. The molecule has 0 unspecified atom stereocenters. The van der Waals surface area contributed by atoms with Gasteiger partial charge in [0.1, 0.15) is 0 Å². The van der Waals surface area contributed by atoms with Gasteiger partial charge in [-0.15, -0.1) is 0 Å². The Morgan fingerprint density at radius 3 is 1.81 bits per heavy atom. The zero-order valence-electron chi connectivity index (χ0n) is 17.3. The van der Waals surface area contributed by atoms with Crippen molar-refractivity contribution in [3.63, 3.8) is 0 Å². The summed E-state index contributed by atoms with van der Waals surface area (Å²) in [6, 6.07) is 7.05. The predicted octanol–water partition coefficient (Wildman–Crippen LogP) is 8.03. The van der Waals surface area contributed by atoms with E-state index in [0.29, 0.717) is 11.3 Å². The first kappa shape index (κ1) is 24.4. The molecule has 1 aromatic rings. The van der Waals surface area contributed by atoms with Crippen LogP contribution in [0.3, 0.4) is 0 Å². The molecule has 0 radical (unpaired) electrons.